The second-order valence-corrected chi connectivity index (χ2v) is 6.85. The molecule has 6 nitrogen and oxygen atoms in total. The Labute approximate surface area is 164 Å². The van der Waals surface area contributed by atoms with Crippen LogP contribution in [0.4, 0.5) is 4.39 Å². The predicted octanol–water partition coefficient (Wildman–Crippen LogP) is 2.89. The Morgan fingerprint density at radius 3 is 2.61 bits per heavy atom. The molecule has 0 fully saturated rings. The van der Waals surface area contributed by atoms with Crippen molar-refractivity contribution in [2.75, 3.05) is 13.2 Å². The molecule has 1 aromatic carbocycles. The van der Waals surface area contributed by atoms with E-state index in [0.717, 1.165) is 6.42 Å². The quantitative estimate of drug-likeness (QED) is 0.727. The molecule has 0 bridgehead atoms. The molecule has 0 aliphatic carbocycles. The molecule has 1 heterocycles. The van der Waals surface area contributed by atoms with Crippen molar-refractivity contribution >= 4 is 17.8 Å². The average molecular weight is 390 g/mol. The minimum atomic E-state index is -0.748. The van der Waals surface area contributed by atoms with Crippen LogP contribution in [0.1, 0.15) is 52.0 Å². The zero-order valence-electron chi connectivity index (χ0n) is 16.8. The second kappa shape index (κ2) is 9.48. The first-order valence-corrected chi connectivity index (χ1v) is 9.52. The van der Waals surface area contributed by atoms with Gasteiger partial charge in [-0.2, -0.15) is 0 Å². The Balaban J connectivity index is 2.42. The Kier molecular flexibility index (Phi) is 7.31. The number of hydrogen-bond acceptors (Lipinski definition) is 4. The molecule has 2 unspecified atom stereocenters. The fraction of sp³-hybridized carbons (Fsp3) is 0.476. The molecule has 2 atom stereocenters. The van der Waals surface area contributed by atoms with Gasteiger partial charge >= 0.3 is 5.97 Å². The molecule has 0 radical (unpaired) electrons. The summed E-state index contributed by atoms with van der Waals surface area (Å²) in [7, 11) is 0. The molecule has 0 saturated carbocycles. The first-order valence-electron chi connectivity index (χ1n) is 9.52. The highest BCUT2D eigenvalue weighted by Crippen LogP contribution is 2.37. The maximum atomic E-state index is 14.4. The highest BCUT2D eigenvalue weighted by molar-refractivity contribution is 5.97. The van der Waals surface area contributed by atoms with E-state index in [-0.39, 0.29) is 48.6 Å². The van der Waals surface area contributed by atoms with E-state index in [1.807, 2.05) is 13.8 Å². The van der Waals surface area contributed by atoms with Gasteiger partial charge in [0, 0.05) is 24.1 Å². The van der Waals surface area contributed by atoms with Gasteiger partial charge in [0.05, 0.1) is 12.2 Å². The second-order valence-electron chi connectivity index (χ2n) is 6.85. The maximum Gasteiger partial charge on any atom is 0.336 e. The van der Waals surface area contributed by atoms with Crippen LogP contribution in [-0.2, 0) is 19.1 Å². The zero-order valence-corrected chi connectivity index (χ0v) is 16.8. The number of allylic oxidation sites excluding steroid dienone is 1. The van der Waals surface area contributed by atoms with Crippen LogP contribution in [0.25, 0.3) is 0 Å². The molecule has 28 heavy (non-hydrogen) atoms. The predicted molar refractivity (Wildman–Crippen MR) is 103 cm³/mol. The number of hydrogen-bond donors (Lipinski definition) is 1. The van der Waals surface area contributed by atoms with Crippen molar-refractivity contribution in [3.8, 4) is 0 Å². The zero-order chi connectivity index (χ0) is 20.8. The molecule has 2 amide bonds. The summed E-state index contributed by atoms with van der Waals surface area (Å²) in [5, 5.41) is 2.81. The van der Waals surface area contributed by atoms with Gasteiger partial charge in [0.25, 0.3) is 0 Å². The van der Waals surface area contributed by atoms with Crippen molar-refractivity contribution in [2.45, 2.75) is 52.5 Å². The third-order valence-electron chi connectivity index (χ3n) is 4.92. The average Bonchev–Trinajstić information content (AvgIpc) is 2.65. The van der Waals surface area contributed by atoms with Crippen LogP contribution in [0.3, 0.4) is 0 Å². The summed E-state index contributed by atoms with van der Waals surface area (Å²) in [5.74, 6) is -2.49. The lowest BCUT2D eigenvalue weighted by Gasteiger charge is -2.34. The van der Waals surface area contributed by atoms with Crippen LogP contribution < -0.4 is 5.32 Å². The fourth-order valence-corrected chi connectivity index (χ4v) is 3.27. The van der Waals surface area contributed by atoms with E-state index in [9.17, 15) is 18.8 Å². The monoisotopic (exact) mass is 390 g/mol. The molecule has 0 aromatic heterocycles. The van der Waals surface area contributed by atoms with Crippen LogP contribution in [-0.4, -0.2) is 41.9 Å². The first kappa shape index (κ1) is 21.6. The van der Waals surface area contributed by atoms with Crippen molar-refractivity contribution in [1.82, 2.24) is 10.2 Å². The summed E-state index contributed by atoms with van der Waals surface area (Å²) in [6.07, 6.45) is 0.654. The van der Waals surface area contributed by atoms with E-state index >= 15 is 0 Å². The van der Waals surface area contributed by atoms with Crippen LogP contribution >= 0.6 is 0 Å². The van der Waals surface area contributed by atoms with E-state index in [4.69, 9.17) is 4.74 Å². The van der Waals surface area contributed by atoms with Crippen molar-refractivity contribution in [3.63, 3.8) is 0 Å². The largest absolute Gasteiger partial charge is 0.463 e. The fourth-order valence-electron chi connectivity index (χ4n) is 3.27. The highest BCUT2D eigenvalue weighted by Gasteiger charge is 2.38. The Morgan fingerprint density at radius 2 is 2.00 bits per heavy atom. The number of amides is 2. The SMILES string of the molecule is CCOC(=O)C1=C(C)N(CC(=O)NC(C)CC)C(=O)CC1c1ccccc1F. The first-order chi connectivity index (χ1) is 13.3. The van der Waals surface area contributed by atoms with E-state index in [2.05, 4.69) is 5.32 Å². The molecule has 1 N–H and O–H groups in total. The van der Waals surface area contributed by atoms with Gasteiger partial charge in [-0.25, -0.2) is 9.18 Å². The van der Waals surface area contributed by atoms with Crippen molar-refractivity contribution in [3.05, 3.63) is 46.9 Å². The Bertz CT molecular complexity index is 790. The molecular formula is C21H27FN2O4. The summed E-state index contributed by atoms with van der Waals surface area (Å²) in [6, 6.07) is 6.05. The van der Waals surface area contributed by atoms with Crippen molar-refractivity contribution in [1.29, 1.82) is 0 Å². The summed E-state index contributed by atoms with van der Waals surface area (Å²) in [6.45, 7) is 7.05. The Morgan fingerprint density at radius 1 is 1.32 bits per heavy atom. The third kappa shape index (κ3) is 4.77. The number of rotatable bonds is 7. The smallest absolute Gasteiger partial charge is 0.336 e. The van der Waals surface area contributed by atoms with Crippen molar-refractivity contribution in [2.24, 2.45) is 0 Å². The molecule has 7 heteroatoms. The van der Waals surface area contributed by atoms with Gasteiger partial charge < -0.3 is 15.0 Å². The van der Waals surface area contributed by atoms with Gasteiger partial charge in [-0.3, -0.25) is 9.59 Å². The number of carbonyl (C=O) groups excluding carboxylic acids is 3. The molecule has 2 rings (SSSR count). The number of nitrogens with zero attached hydrogens (tertiary/aromatic N) is 1. The minimum Gasteiger partial charge on any atom is -0.463 e. The van der Waals surface area contributed by atoms with Gasteiger partial charge in [-0.15, -0.1) is 0 Å². The number of esters is 1. The topological polar surface area (TPSA) is 75.7 Å². The molecule has 152 valence electrons. The summed E-state index contributed by atoms with van der Waals surface area (Å²) < 4.78 is 19.5. The molecule has 0 spiro atoms. The van der Waals surface area contributed by atoms with Gasteiger partial charge in [0.15, 0.2) is 0 Å². The lowest BCUT2D eigenvalue weighted by Crippen LogP contribution is -2.45. The number of benzene rings is 1. The minimum absolute atomic E-state index is 0.0210. The molecular weight excluding hydrogens is 363 g/mol. The lowest BCUT2D eigenvalue weighted by atomic mass is 9.83. The normalized spacial score (nSPS) is 18.1. The molecule has 1 aromatic rings. The number of nitrogens with one attached hydrogen (secondary N) is 1. The van der Waals surface area contributed by atoms with E-state index in [0.29, 0.717) is 5.70 Å². The number of ether oxygens (including phenoxy) is 1. The van der Waals surface area contributed by atoms with Crippen LogP contribution in [0.15, 0.2) is 35.5 Å². The van der Waals surface area contributed by atoms with Gasteiger partial charge in [-0.1, -0.05) is 25.1 Å². The van der Waals surface area contributed by atoms with Crippen LogP contribution in [0, 0.1) is 5.82 Å². The summed E-state index contributed by atoms with van der Waals surface area (Å²) >= 11 is 0. The van der Waals surface area contributed by atoms with Gasteiger partial charge in [0.1, 0.15) is 12.4 Å². The van der Waals surface area contributed by atoms with E-state index in [1.54, 1.807) is 32.0 Å². The third-order valence-corrected chi connectivity index (χ3v) is 4.92. The van der Waals surface area contributed by atoms with E-state index in [1.165, 1.54) is 11.0 Å². The number of carbonyl (C=O) groups is 3. The Hall–Kier alpha value is -2.70. The van der Waals surface area contributed by atoms with Crippen molar-refractivity contribution < 1.29 is 23.5 Å². The standard InChI is InChI=1S/C21H27FN2O4/c1-5-13(3)23-18(25)12-24-14(4)20(21(27)28-6-2)16(11-19(24)26)15-9-7-8-10-17(15)22/h7-10,13,16H,5-6,11-12H2,1-4H3,(H,23,25). The maximum absolute atomic E-state index is 14.4. The summed E-state index contributed by atoms with van der Waals surface area (Å²) in [5.41, 5.74) is 0.798. The van der Waals surface area contributed by atoms with Gasteiger partial charge in [-0.05, 0) is 38.8 Å². The molecule has 0 saturated heterocycles. The van der Waals surface area contributed by atoms with Crippen LogP contribution in [0.5, 0.6) is 0 Å². The lowest BCUT2D eigenvalue weighted by molar-refractivity contribution is -0.141. The van der Waals surface area contributed by atoms with Crippen LogP contribution in [0.2, 0.25) is 0 Å². The molecule has 1 aliphatic heterocycles. The highest BCUT2D eigenvalue weighted by atomic mass is 19.1. The summed E-state index contributed by atoms with van der Waals surface area (Å²) in [4.78, 5) is 38.9. The van der Waals surface area contributed by atoms with Gasteiger partial charge in [0.2, 0.25) is 11.8 Å². The molecule has 1 aliphatic rings. The van der Waals surface area contributed by atoms with E-state index < -0.39 is 17.7 Å². The number of halogens is 1.